The highest BCUT2D eigenvalue weighted by molar-refractivity contribution is 4.85. The van der Waals surface area contributed by atoms with E-state index in [2.05, 4.69) is 26.0 Å². The van der Waals surface area contributed by atoms with Crippen LogP contribution in [0, 0.1) is 0 Å². The quantitative estimate of drug-likeness (QED) is 0.575. The van der Waals surface area contributed by atoms with E-state index in [0.717, 1.165) is 0 Å². The van der Waals surface area contributed by atoms with E-state index in [1.165, 1.54) is 32.1 Å². The van der Waals surface area contributed by atoms with Crippen LogP contribution in [0.2, 0.25) is 0 Å². The second kappa shape index (κ2) is 5.36. The van der Waals surface area contributed by atoms with Gasteiger partial charge in [-0.15, -0.1) is 0 Å². The predicted octanol–water partition coefficient (Wildman–Crippen LogP) is 3.30. The maximum absolute atomic E-state index is 5.79. The normalized spacial score (nSPS) is 28.1. The van der Waals surface area contributed by atoms with Gasteiger partial charge in [0.2, 0.25) is 0 Å². The summed E-state index contributed by atoms with van der Waals surface area (Å²) in [6.45, 7) is 4.24. The molecule has 0 aromatic rings. The van der Waals surface area contributed by atoms with Gasteiger partial charge in [0.25, 0.3) is 0 Å². The smallest absolute Gasteiger partial charge is 0.0581 e. The highest BCUT2D eigenvalue weighted by atomic mass is 16.5. The van der Waals surface area contributed by atoms with Gasteiger partial charge in [-0.05, 0) is 46.0 Å². The monoisotopic (exact) mass is 168 g/mol. The maximum atomic E-state index is 5.79. The molecule has 0 aromatic heterocycles. The lowest BCUT2D eigenvalue weighted by atomic mass is 10.0. The van der Waals surface area contributed by atoms with Gasteiger partial charge < -0.3 is 4.74 Å². The number of allylic oxidation sites excluding steroid dienone is 2. The van der Waals surface area contributed by atoms with Crippen LogP contribution in [0.25, 0.3) is 0 Å². The lowest BCUT2D eigenvalue weighted by Crippen LogP contribution is -2.18. The van der Waals surface area contributed by atoms with Crippen molar-refractivity contribution in [2.75, 3.05) is 0 Å². The van der Waals surface area contributed by atoms with Crippen LogP contribution < -0.4 is 0 Å². The average Bonchev–Trinajstić information content (AvgIpc) is 1.93. The van der Waals surface area contributed by atoms with Crippen molar-refractivity contribution in [3.05, 3.63) is 12.2 Å². The highest BCUT2D eigenvalue weighted by Crippen LogP contribution is 2.16. The van der Waals surface area contributed by atoms with Crippen LogP contribution in [-0.2, 0) is 4.74 Å². The van der Waals surface area contributed by atoms with Crippen molar-refractivity contribution in [2.24, 2.45) is 0 Å². The van der Waals surface area contributed by atoms with Crippen LogP contribution >= 0.6 is 0 Å². The van der Waals surface area contributed by atoms with Crippen molar-refractivity contribution in [1.29, 1.82) is 0 Å². The van der Waals surface area contributed by atoms with Crippen molar-refractivity contribution in [3.8, 4) is 0 Å². The van der Waals surface area contributed by atoms with Crippen LogP contribution in [0.5, 0.6) is 0 Å². The molecule has 0 bridgehead atoms. The molecule has 0 spiro atoms. The first-order valence-electron chi connectivity index (χ1n) is 5.09. The Balaban J connectivity index is 2.27. The second-order valence-corrected chi connectivity index (χ2v) is 3.79. The van der Waals surface area contributed by atoms with Crippen LogP contribution in [0.15, 0.2) is 12.2 Å². The number of hydrogen-bond acceptors (Lipinski definition) is 1. The van der Waals surface area contributed by atoms with E-state index < -0.39 is 0 Å². The predicted molar refractivity (Wildman–Crippen MR) is 52.2 cm³/mol. The molecule has 0 heterocycles. The van der Waals surface area contributed by atoms with Crippen molar-refractivity contribution in [2.45, 2.75) is 58.2 Å². The average molecular weight is 168 g/mol. The molecule has 0 radical (unpaired) electrons. The molecule has 0 fully saturated rings. The maximum Gasteiger partial charge on any atom is 0.0581 e. The van der Waals surface area contributed by atoms with Gasteiger partial charge in [-0.1, -0.05) is 12.2 Å². The Bertz CT molecular complexity index is 138. The van der Waals surface area contributed by atoms with Crippen LogP contribution in [0.3, 0.4) is 0 Å². The van der Waals surface area contributed by atoms with E-state index >= 15 is 0 Å². The summed E-state index contributed by atoms with van der Waals surface area (Å²) in [5, 5.41) is 0. The van der Waals surface area contributed by atoms with Gasteiger partial charge in [0, 0.05) is 0 Å². The Morgan fingerprint density at radius 3 is 2.67 bits per heavy atom. The van der Waals surface area contributed by atoms with Gasteiger partial charge in [0.15, 0.2) is 0 Å². The Hall–Kier alpha value is -0.300. The van der Waals surface area contributed by atoms with E-state index in [4.69, 9.17) is 4.74 Å². The molecule has 1 aliphatic rings. The summed E-state index contributed by atoms with van der Waals surface area (Å²) in [5.41, 5.74) is 0. The molecule has 0 N–H and O–H groups in total. The highest BCUT2D eigenvalue weighted by Gasteiger charge is 2.10. The largest absolute Gasteiger partial charge is 0.376 e. The lowest BCUT2D eigenvalue weighted by molar-refractivity contribution is -0.00213. The molecule has 1 unspecified atom stereocenters. The SMILES string of the molecule is CC(C)OC1CC/C=C\CCC1. The standard InChI is InChI=1S/C11H20O/c1-10(2)12-11-8-6-4-3-5-7-9-11/h3-4,10-11H,5-9H2,1-2H3/b4-3-. The molecule has 12 heavy (non-hydrogen) atoms. The molecule has 0 aliphatic heterocycles. The summed E-state index contributed by atoms with van der Waals surface area (Å²) < 4.78 is 5.79. The van der Waals surface area contributed by atoms with Crippen molar-refractivity contribution >= 4 is 0 Å². The molecule has 0 saturated heterocycles. The molecule has 0 aromatic carbocycles. The minimum absolute atomic E-state index is 0.387. The van der Waals surface area contributed by atoms with Gasteiger partial charge in [-0.3, -0.25) is 0 Å². The summed E-state index contributed by atoms with van der Waals surface area (Å²) >= 11 is 0. The van der Waals surface area contributed by atoms with Gasteiger partial charge >= 0.3 is 0 Å². The third-order valence-corrected chi connectivity index (χ3v) is 2.18. The first-order chi connectivity index (χ1) is 5.79. The zero-order valence-electron chi connectivity index (χ0n) is 8.25. The summed E-state index contributed by atoms with van der Waals surface area (Å²) in [7, 11) is 0. The zero-order chi connectivity index (χ0) is 8.81. The minimum atomic E-state index is 0.387. The topological polar surface area (TPSA) is 9.23 Å². The summed E-state index contributed by atoms with van der Waals surface area (Å²) in [6, 6.07) is 0. The van der Waals surface area contributed by atoms with E-state index in [1.807, 2.05) is 0 Å². The third-order valence-electron chi connectivity index (χ3n) is 2.18. The fraction of sp³-hybridized carbons (Fsp3) is 0.818. The zero-order valence-corrected chi connectivity index (χ0v) is 8.25. The Morgan fingerprint density at radius 2 is 1.92 bits per heavy atom. The van der Waals surface area contributed by atoms with Gasteiger partial charge in [-0.2, -0.15) is 0 Å². The van der Waals surface area contributed by atoms with E-state index in [9.17, 15) is 0 Å². The van der Waals surface area contributed by atoms with Crippen LogP contribution in [-0.4, -0.2) is 12.2 Å². The molecule has 1 rings (SSSR count). The van der Waals surface area contributed by atoms with E-state index in [1.54, 1.807) is 0 Å². The van der Waals surface area contributed by atoms with Crippen LogP contribution in [0.1, 0.15) is 46.0 Å². The number of hydrogen-bond donors (Lipinski definition) is 0. The molecule has 0 saturated carbocycles. The fourth-order valence-electron chi connectivity index (χ4n) is 1.65. The molecule has 1 heteroatoms. The molecule has 70 valence electrons. The van der Waals surface area contributed by atoms with E-state index in [-0.39, 0.29) is 0 Å². The van der Waals surface area contributed by atoms with E-state index in [0.29, 0.717) is 12.2 Å². The lowest BCUT2D eigenvalue weighted by Gasteiger charge is -2.20. The summed E-state index contributed by atoms with van der Waals surface area (Å²) in [4.78, 5) is 0. The van der Waals surface area contributed by atoms with Crippen LogP contribution in [0.4, 0.5) is 0 Å². The molecule has 1 atom stereocenters. The second-order valence-electron chi connectivity index (χ2n) is 3.79. The minimum Gasteiger partial charge on any atom is -0.376 e. The first kappa shape index (κ1) is 9.79. The van der Waals surface area contributed by atoms with Gasteiger partial charge in [0.05, 0.1) is 12.2 Å². The molecule has 1 nitrogen and oxygen atoms in total. The number of ether oxygens (including phenoxy) is 1. The molecule has 0 amide bonds. The Labute approximate surface area is 75.8 Å². The molecular weight excluding hydrogens is 148 g/mol. The first-order valence-corrected chi connectivity index (χ1v) is 5.09. The third kappa shape index (κ3) is 3.91. The Morgan fingerprint density at radius 1 is 1.17 bits per heavy atom. The fourth-order valence-corrected chi connectivity index (χ4v) is 1.65. The van der Waals surface area contributed by atoms with Gasteiger partial charge in [-0.25, -0.2) is 0 Å². The van der Waals surface area contributed by atoms with Crippen molar-refractivity contribution in [1.82, 2.24) is 0 Å². The van der Waals surface area contributed by atoms with Gasteiger partial charge in [0.1, 0.15) is 0 Å². The number of rotatable bonds is 2. The molecular formula is C11H20O. The summed E-state index contributed by atoms with van der Waals surface area (Å²) in [6.07, 6.45) is 11.6. The molecule has 1 aliphatic carbocycles. The summed E-state index contributed by atoms with van der Waals surface area (Å²) in [5.74, 6) is 0. The van der Waals surface area contributed by atoms with Crippen molar-refractivity contribution in [3.63, 3.8) is 0 Å². The Kier molecular flexibility index (Phi) is 4.37. The van der Waals surface area contributed by atoms with Crippen molar-refractivity contribution < 1.29 is 4.74 Å².